The zero-order valence-electron chi connectivity index (χ0n) is 11.0. The molecule has 0 saturated heterocycles. The fraction of sp³-hybridized carbons (Fsp3) is 0.308. The molecule has 7 nitrogen and oxygen atoms in total. The normalized spacial score (nSPS) is 9.65. The number of esters is 1. The van der Waals surface area contributed by atoms with Gasteiger partial charge in [-0.05, 0) is 30.7 Å². The Hall–Kier alpha value is -2.57. The summed E-state index contributed by atoms with van der Waals surface area (Å²) in [6.45, 7) is 0.276. The molecule has 1 aromatic carbocycles. The molecule has 1 rings (SSSR count). The first-order valence-corrected chi connectivity index (χ1v) is 5.98. The van der Waals surface area contributed by atoms with Crippen molar-refractivity contribution in [3.8, 4) is 0 Å². The minimum atomic E-state index is -0.898. The Morgan fingerprint density at radius 1 is 1.20 bits per heavy atom. The summed E-state index contributed by atoms with van der Waals surface area (Å²) in [6.07, 6.45) is 0.373. The number of nitrogens with one attached hydrogen (secondary N) is 2. The van der Waals surface area contributed by atoms with Crippen molar-refractivity contribution in [2.45, 2.75) is 12.8 Å². The molecule has 0 aliphatic carbocycles. The number of urea groups is 1. The number of carbonyl (C=O) groups is 3. The van der Waals surface area contributed by atoms with E-state index in [4.69, 9.17) is 5.11 Å². The van der Waals surface area contributed by atoms with E-state index in [9.17, 15) is 14.4 Å². The largest absolute Gasteiger partial charge is 0.481 e. The van der Waals surface area contributed by atoms with Crippen LogP contribution in [0.1, 0.15) is 23.2 Å². The van der Waals surface area contributed by atoms with Gasteiger partial charge in [-0.15, -0.1) is 0 Å². The molecule has 0 aromatic heterocycles. The summed E-state index contributed by atoms with van der Waals surface area (Å²) in [7, 11) is 1.29. The van der Waals surface area contributed by atoms with E-state index in [1.165, 1.54) is 19.2 Å². The number of hydrogen-bond acceptors (Lipinski definition) is 4. The maximum Gasteiger partial charge on any atom is 0.337 e. The van der Waals surface area contributed by atoms with Crippen molar-refractivity contribution in [3.63, 3.8) is 0 Å². The highest BCUT2D eigenvalue weighted by Gasteiger charge is 2.06. The number of anilines is 1. The minimum absolute atomic E-state index is 0.00804. The van der Waals surface area contributed by atoms with Crippen molar-refractivity contribution in [3.05, 3.63) is 29.8 Å². The molecule has 0 spiro atoms. The third kappa shape index (κ3) is 5.38. The second kappa shape index (κ2) is 7.78. The highest BCUT2D eigenvalue weighted by Crippen LogP contribution is 2.10. The van der Waals surface area contributed by atoms with E-state index in [1.807, 2.05) is 0 Å². The average molecular weight is 280 g/mol. The fourth-order valence-corrected chi connectivity index (χ4v) is 1.42. The first-order valence-electron chi connectivity index (χ1n) is 5.98. The van der Waals surface area contributed by atoms with E-state index in [0.717, 1.165) is 0 Å². The van der Waals surface area contributed by atoms with Gasteiger partial charge in [0.15, 0.2) is 0 Å². The third-order valence-corrected chi connectivity index (χ3v) is 2.42. The van der Waals surface area contributed by atoms with E-state index < -0.39 is 18.0 Å². The molecule has 20 heavy (non-hydrogen) atoms. The van der Waals surface area contributed by atoms with Crippen LogP contribution in [0.15, 0.2) is 24.3 Å². The smallest absolute Gasteiger partial charge is 0.337 e. The lowest BCUT2D eigenvalue weighted by molar-refractivity contribution is -0.137. The number of carboxylic acids is 1. The molecule has 0 aliphatic heterocycles. The number of hydrogen-bond donors (Lipinski definition) is 3. The van der Waals surface area contributed by atoms with Gasteiger partial charge in [-0.2, -0.15) is 0 Å². The van der Waals surface area contributed by atoms with Crippen molar-refractivity contribution in [2.75, 3.05) is 19.0 Å². The zero-order chi connectivity index (χ0) is 15.0. The Morgan fingerprint density at radius 3 is 2.40 bits per heavy atom. The van der Waals surface area contributed by atoms with Gasteiger partial charge in [0.1, 0.15) is 0 Å². The number of amides is 2. The fourth-order valence-electron chi connectivity index (χ4n) is 1.42. The van der Waals surface area contributed by atoms with Crippen LogP contribution in [0.3, 0.4) is 0 Å². The number of rotatable bonds is 6. The van der Waals surface area contributed by atoms with Gasteiger partial charge in [-0.1, -0.05) is 0 Å². The molecule has 0 unspecified atom stereocenters. The number of benzene rings is 1. The van der Waals surface area contributed by atoms with Gasteiger partial charge in [0.05, 0.1) is 12.7 Å². The van der Waals surface area contributed by atoms with Crippen LogP contribution < -0.4 is 10.6 Å². The molecule has 3 N–H and O–H groups in total. The Balaban J connectivity index is 2.38. The monoisotopic (exact) mass is 280 g/mol. The summed E-state index contributed by atoms with van der Waals surface area (Å²) in [5.74, 6) is -1.35. The Kier molecular flexibility index (Phi) is 6.02. The first kappa shape index (κ1) is 15.5. The number of ether oxygens (including phenoxy) is 1. The molecular weight excluding hydrogens is 264 g/mol. The quantitative estimate of drug-likeness (QED) is 0.540. The van der Waals surface area contributed by atoms with Gasteiger partial charge in [0.2, 0.25) is 0 Å². The lowest BCUT2D eigenvalue weighted by atomic mass is 10.2. The van der Waals surface area contributed by atoms with Crippen LogP contribution in [-0.4, -0.2) is 36.7 Å². The molecule has 0 bridgehead atoms. The topological polar surface area (TPSA) is 105 Å². The van der Waals surface area contributed by atoms with Crippen LogP contribution >= 0.6 is 0 Å². The van der Waals surface area contributed by atoms with Gasteiger partial charge >= 0.3 is 18.0 Å². The highest BCUT2D eigenvalue weighted by molar-refractivity contribution is 5.92. The molecule has 108 valence electrons. The molecule has 1 aromatic rings. The van der Waals surface area contributed by atoms with E-state index in [1.54, 1.807) is 12.1 Å². The van der Waals surface area contributed by atoms with Crippen LogP contribution in [0.25, 0.3) is 0 Å². The van der Waals surface area contributed by atoms with E-state index in [0.29, 0.717) is 17.7 Å². The van der Waals surface area contributed by atoms with Crippen LogP contribution in [-0.2, 0) is 9.53 Å². The second-order valence-corrected chi connectivity index (χ2v) is 3.95. The van der Waals surface area contributed by atoms with Gasteiger partial charge in [-0.3, -0.25) is 4.79 Å². The van der Waals surface area contributed by atoms with Crippen LogP contribution in [0.4, 0.5) is 10.5 Å². The summed E-state index contributed by atoms with van der Waals surface area (Å²) in [5, 5.41) is 13.5. The molecule has 0 fully saturated rings. The van der Waals surface area contributed by atoms with Gasteiger partial charge in [-0.25, -0.2) is 9.59 Å². The van der Waals surface area contributed by atoms with Crippen LogP contribution in [0.5, 0.6) is 0 Å². The Bertz CT molecular complexity index is 484. The first-order chi connectivity index (χ1) is 9.52. The zero-order valence-corrected chi connectivity index (χ0v) is 11.0. The number of aliphatic carboxylic acids is 1. The summed E-state index contributed by atoms with van der Waals surface area (Å²) >= 11 is 0. The van der Waals surface area contributed by atoms with Gasteiger partial charge in [0.25, 0.3) is 0 Å². The molecule has 0 saturated carbocycles. The van der Waals surface area contributed by atoms with Gasteiger partial charge in [0, 0.05) is 18.7 Å². The van der Waals surface area contributed by atoms with E-state index >= 15 is 0 Å². The Morgan fingerprint density at radius 2 is 1.85 bits per heavy atom. The minimum Gasteiger partial charge on any atom is -0.481 e. The van der Waals surface area contributed by atoms with Crippen molar-refractivity contribution >= 4 is 23.7 Å². The summed E-state index contributed by atoms with van der Waals surface area (Å²) in [5.41, 5.74) is 0.910. The van der Waals surface area contributed by atoms with Crippen molar-refractivity contribution < 1.29 is 24.2 Å². The molecule has 7 heteroatoms. The molecule has 0 aliphatic rings. The predicted molar refractivity (Wildman–Crippen MR) is 71.7 cm³/mol. The number of carboxylic acid groups (broad SMARTS) is 1. The highest BCUT2D eigenvalue weighted by atomic mass is 16.5. The van der Waals surface area contributed by atoms with Gasteiger partial charge < -0.3 is 20.5 Å². The molecule has 0 heterocycles. The number of carbonyl (C=O) groups excluding carboxylic acids is 2. The summed E-state index contributed by atoms with van der Waals surface area (Å²) in [4.78, 5) is 33.0. The lowest BCUT2D eigenvalue weighted by Gasteiger charge is -2.07. The number of methoxy groups -OCH3 is 1. The van der Waals surface area contributed by atoms with Crippen LogP contribution in [0, 0.1) is 0 Å². The molecule has 2 amide bonds. The SMILES string of the molecule is COC(=O)c1ccc(NC(=O)NCCCC(=O)O)cc1. The second-order valence-electron chi connectivity index (χ2n) is 3.95. The van der Waals surface area contributed by atoms with Crippen molar-refractivity contribution in [1.29, 1.82) is 0 Å². The average Bonchev–Trinajstić information content (AvgIpc) is 2.43. The molecular formula is C13H16N2O5. The molecule has 0 radical (unpaired) electrons. The van der Waals surface area contributed by atoms with Crippen molar-refractivity contribution in [1.82, 2.24) is 5.32 Å². The summed E-state index contributed by atoms with van der Waals surface area (Å²) < 4.78 is 4.56. The third-order valence-electron chi connectivity index (χ3n) is 2.42. The van der Waals surface area contributed by atoms with Crippen molar-refractivity contribution in [2.24, 2.45) is 0 Å². The predicted octanol–water partition coefficient (Wildman–Crippen LogP) is 1.46. The maximum atomic E-state index is 11.5. The Labute approximate surface area is 115 Å². The van der Waals surface area contributed by atoms with Crippen LogP contribution in [0.2, 0.25) is 0 Å². The summed E-state index contributed by atoms with van der Waals surface area (Å²) in [6, 6.07) is 5.78. The maximum absolute atomic E-state index is 11.5. The van der Waals surface area contributed by atoms with E-state index in [-0.39, 0.29) is 13.0 Å². The standard InChI is InChI=1S/C13H16N2O5/c1-20-12(18)9-4-6-10(7-5-9)15-13(19)14-8-2-3-11(16)17/h4-7H,2-3,8H2,1H3,(H,16,17)(H2,14,15,19). The molecule has 0 atom stereocenters. The lowest BCUT2D eigenvalue weighted by Crippen LogP contribution is -2.29. The van der Waals surface area contributed by atoms with E-state index in [2.05, 4.69) is 15.4 Å².